The molecule has 1 atom stereocenters. The number of oxazole rings is 1. The lowest BCUT2D eigenvalue weighted by Crippen LogP contribution is -2.12. The summed E-state index contributed by atoms with van der Waals surface area (Å²) in [4.78, 5) is 11.6. The molecule has 0 spiro atoms. The molecule has 1 aliphatic rings. The second-order valence-corrected chi connectivity index (χ2v) is 5.12. The highest BCUT2D eigenvalue weighted by molar-refractivity contribution is 5.73. The van der Waals surface area contributed by atoms with Gasteiger partial charge in [0.1, 0.15) is 0 Å². The Labute approximate surface area is 105 Å². The van der Waals surface area contributed by atoms with Gasteiger partial charge in [0.05, 0.1) is 5.52 Å². The van der Waals surface area contributed by atoms with Crippen LogP contribution in [-0.4, -0.2) is 4.57 Å². The molecule has 1 fully saturated rings. The van der Waals surface area contributed by atoms with Gasteiger partial charge in [-0.3, -0.25) is 4.57 Å². The zero-order valence-electron chi connectivity index (χ0n) is 10.6. The Bertz CT molecular complexity index is 622. The first-order valence-corrected chi connectivity index (χ1v) is 6.58. The van der Waals surface area contributed by atoms with E-state index >= 15 is 0 Å². The Morgan fingerprint density at radius 3 is 2.94 bits per heavy atom. The molecule has 0 saturated heterocycles. The summed E-state index contributed by atoms with van der Waals surface area (Å²) in [6.07, 6.45) is 3.64. The maximum absolute atomic E-state index is 11.6. The van der Waals surface area contributed by atoms with E-state index in [1.165, 1.54) is 12.8 Å². The molecule has 2 aromatic rings. The van der Waals surface area contributed by atoms with Gasteiger partial charge in [-0.2, -0.15) is 0 Å². The third-order valence-corrected chi connectivity index (χ3v) is 3.72. The van der Waals surface area contributed by atoms with E-state index in [0.717, 1.165) is 23.4 Å². The summed E-state index contributed by atoms with van der Waals surface area (Å²) >= 11 is 0. The maximum Gasteiger partial charge on any atom is 0.419 e. The van der Waals surface area contributed by atoms with Crippen LogP contribution >= 0.6 is 0 Å². The Kier molecular flexibility index (Phi) is 2.74. The smallest absolute Gasteiger partial charge is 0.408 e. The SMILES string of the molecule is CCn1c(=O)oc2cc(C(N)CC3CC3)ccc21. The molecular formula is C14H18N2O2. The Morgan fingerprint density at radius 2 is 2.28 bits per heavy atom. The average Bonchev–Trinajstić information content (AvgIpc) is 3.09. The summed E-state index contributed by atoms with van der Waals surface area (Å²) < 4.78 is 6.88. The molecule has 96 valence electrons. The van der Waals surface area contributed by atoms with E-state index in [1.807, 2.05) is 25.1 Å². The van der Waals surface area contributed by atoms with Crippen LogP contribution in [-0.2, 0) is 6.54 Å². The fourth-order valence-corrected chi connectivity index (χ4v) is 2.46. The van der Waals surface area contributed by atoms with Crippen molar-refractivity contribution < 1.29 is 4.42 Å². The summed E-state index contributed by atoms with van der Waals surface area (Å²) in [6.45, 7) is 2.56. The van der Waals surface area contributed by atoms with Crippen LogP contribution in [0.4, 0.5) is 0 Å². The second-order valence-electron chi connectivity index (χ2n) is 5.12. The van der Waals surface area contributed by atoms with Gasteiger partial charge < -0.3 is 10.2 Å². The molecule has 1 unspecified atom stereocenters. The lowest BCUT2D eigenvalue weighted by molar-refractivity contribution is 0.512. The first-order chi connectivity index (χ1) is 8.69. The molecule has 4 heteroatoms. The zero-order chi connectivity index (χ0) is 12.7. The minimum absolute atomic E-state index is 0.0529. The molecule has 0 aliphatic heterocycles. The van der Waals surface area contributed by atoms with Crippen LogP contribution in [0.2, 0.25) is 0 Å². The molecule has 0 bridgehead atoms. The molecule has 0 amide bonds. The molecule has 1 aliphatic carbocycles. The number of nitrogens with zero attached hydrogens (tertiary/aromatic N) is 1. The molecule has 1 aromatic carbocycles. The number of hydrogen-bond donors (Lipinski definition) is 1. The molecule has 1 heterocycles. The fourth-order valence-electron chi connectivity index (χ4n) is 2.46. The minimum atomic E-state index is -0.291. The number of aromatic nitrogens is 1. The van der Waals surface area contributed by atoms with Gasteiger partial charge >= 0.3 is 5.76 Å². The predicted octanol–water partition coefficient (Wildman–Crippen LogP) is 2.41. The highest BCUT2D eigenvalue weighted by Gasteiger charge is 2.24. The normalized spacial score (nSPS) is 17.2. The van der Waals surface area contributed by atoms with Crippen LogP contribution in [0.25, 0.3) is 11.1 Å². The zero-order valence-corrected chi connectivity index (χ0v) is 10.6. The van der Waals surface area contributed by atoms with Crippen LogP contribution < -0.4 is 11.5 Å². The van der Waals surface area contributed by atoms with E-state index in [1.54, 1.807) is 4.57 Å². The summed E-state index contributed by atoms with van der Waals surface area (Å²) in [7, 11) is 0. The third-order valence-electron chi connectivity index (χ3n) is 3.72. The van der Waals surface area contributed by atoms with Gasteiger partial charge in [-0.05, 0) is 37.0 Å². The van der Waals surface area contributed by atoms with Crippen molar-refractivity contribution in [3.63, 3.8) is 0 Å². The molecule has 2 N–H and O–H groups in total. The van der Waals surface area contributed by atoms with Crippen molar-refractivity contribution in [3.05, 3.63) is 34.3 Å². The quantitative estimate of drug-likeness (QED) is 0.901. The second kappa shape index (κ2) is 4.28. The largest absolute Gasteiger partial charge is 0.419 e. The van der Waals surface area contributed by atoms with Crippen molar-refractivity contribution in [1.82, 2.24) is 4.57 Å². The molecule has 4 nitrogen and oxygen atoms in total. The van der Waals surface area contributed by atoms with Crippen LogP contribution in [0.5, 0.6) is 0 Å². The van der Waals surface area contributed by atoms with Gasteiger partial charge in [0.25, 0.3) is 0 Å². The lowest BCUT2D eigenvalue weighted by Gasteiger charge is -2.10. The number of nitrogens with two attached hydrogens (primary N) is 1. The van der Waals surface area contributed by atoms with Crippen molar-refractivity contribution in [2.45, 2.75) is 38.8 Å². The van der Waals surface area contributed by atoms with Crippen molar-refractivity contribution in [3.8, 4) is 0 Å². The van der Waals surface area contributed by atoms with E-state index in [4.69, 9.17) is 10.2 Å². The monoisotopic (exact) mass is 246 g/mol. The standard InChI is InChI=1S/C14H18N2O2/c1-2-16-12-6-5-10(8-13(12)18-14(16)17)11(15)7-9-3-4-9/h5-6,8-9,11H,2-4,7,15H2,1H3. The topological polar surface area (TPSA) is 61.2 Å². The number of aryl methyl sites for hydroxylation is 1. The van der Waals surface area contributed by atoms with Crippen LogP contribution in [0, 0.1) is 5.92 Å². The Hall–Kier alpha value is -1.55. The van der Waals surface area contributed by atoms with Gasteiger partial charge in [0, 0.05) is 12.6 Å². The highest BCUT2D eigenvalue weighted by Crippen LogP contribution is 2.37. The average molecular weight is 246 g/mol. The van der Waals surface area contributed by atoms with Gasteiger partial charge in [0.2, 0.25) is 0 Å². The third kappa shape index (κ3) is 1.97. The number of fused-ring (bicyclic) bond motifs is 1. The van der Waals surface area contributed by atoms with Gasteiger partial charge in [-0.25, -0.2) is 4.79 Å². The van der Waals surface area contributed by atoms with Crippen molar-refractivity contribution in [2.75, 3.05) is 0 Å². The van der Waals surface area contributed by atoms with Gasteiger partial charge in [0.15, 0.2) is 5.58 Å². The molecule has 1 aromatic heterocycles. The van der Waals surface area contributed by atoms with E-state index < -0.39 is 0 Å². The van der Waals surface area contributed by atoms with Crippen molar-refractivity contribution >= 4 is 11.1 Å². The number of rotatable bonds is 4. The van der Waals surface area contributed by atoms with E-state index in [-0.39, 0.29) is 11.8 Å². The van der Waals surface area contributed by atoms with E-state index in [9.17, 15) is 4.79 Å². The van der Waals surface area contributed by atoms with Crippen molar-refractivity contribution in [1.29, 1.82) is 0 Å². The molecule has 1 saturated carbocycles. The van der Waals surface area contributed by atoms with E-state index in [2.05, 4.69) is 0 Å². The van der Waals surface area contributed by atoms with Crippen molar-refractivity contribution in [2.24, 2.45) is 11.7 Å². The van der Waals surface area contributed by atoms with Gasteiger partial charge in [-0.1, -0.05) is 18.9 Å². The molecule has 3 rings (SSSR count). The number of benzene rings is 1. The Balaban J connectivity index is 1.97. The summed E-state index contributed by atoms with van der Waals surface area (Å²) in [5.41, 5.74) is 8.74. The lowest BCUT2D eigenvalue weighted by atomic mass is 10.0. The molecule has 18 heavy (non-hydrogen) atoms. The van der Waals surface area contributed by atoms with Crippen LogP contribution in [0.1, 0.15) is 37.8 Å². The summed E-state index contributed by atoms with van der Waals surface area (Å²) in [5.74, 6) is 0.503. The molecular weight excluding hydrogens is 228 g/mol. The highest BCUT2D eigenvalue weighted by atomic mass is 16.4. The van der Waals surface area contributed by atoms with Crippen LogP contribution in [0.15, 0.2) is 27.4 Å². The predicted molar refractivity (Wildman–Crippen MR) is 70.4 cm³/mol. The Morgan fingerprint density at radius 1 is 1.50 bits per heavy atom. The summed E-state index contributed by atoms with van der Waals surface area (Å²) in [6, 6.07) is 5.91. The first-order valence-electron chi connectivity index (χ1n) is 6.58. The minimum Gasteiger partial charge on any atom is -0.408 e. The molecule has 0 radical (unpaired) electrons. The van der Waals surface area contributed by atoms with Crippen LogP contribution in [0.3, 0.4) is 0 Å². The van der Waals surface area contributed by atoms with E-state index in [0.29, 0.717) is 12.1 Å². The summed E-state index contributed by atoms with van der Waals surface area (Å²) in [5, 5.41) is 0. The maximum atomic E-state index is 11.6. The number of hydrogen-bond acceptors (Lipinski definition) is 3. The van der Waals surface area contributed by atoms with Gasteiger partial charge in [-0.15, -0.1) is 0 Å². The first kappa shape index (κ1) is 11.5. The fraction of sp³-hybridized carbons (Fsp3) is 0.500.